The summed E-state index contributed by atoms with van der Waals surface area (Å²) in [5.74, 6) is -0.767. The summed E-state index contributed by atoms with van der Waals surface area (Å²) in [6.45, 7) is 0. The van der Waals surface area contributed by atoms with E-state index >= 15 is 0 Å². The Morgan fingerprint density at radius 3 is 2.55 bits per heavy atom. The van der Waals surface area contributed by atoms with Gasteiger partial charge >= 0.3 is 0 Å². The van der Waals surface area contributed by atoms with Gasteiger partial charge in [-0.2, -0.15) is 5.10 Å². The molecule has 0 bridgehead atoms. The maximum Gasteiger partial charge on any atom is 0.273 e. The van der Waals surface area contributed by atoms with Crippen molar-refractivity contribution in [2.45, 2.75) is 0 Å². The van der Waals surface area contributed by atoms with E-state index in [1.807, 2.05) is 0 Å². The number of nitrogen functional groups attached to an aromatic ring is 1. The molecule has 2 aromatic rings. The van der Waals surface area contributed by atoms with E-state index in [0.717, 1.165) is 0 Å². The van der Waals surface area contributed by atoms with Gasteiger partial charge in [-0.25, -0.2) is 4.68 Å². The van der Waals surface area contributed by atoms with E-state index in [4.69, 9.17) is 11.5 Å². The minimum Gasteiger partial charge on any atom is -0.397 e. The van der Waals surface area contributed by atoms with E-state index in [9.17, 15) is 9.59 Å². The highest BCUT2D eigenvalue weighted by molar-refractivity contribution is 5.94. The molecule has 0 aliphatic rings. The number of rotatable bonds is 3. The number of hydrogen-bond donors (Lipinski definition) is 2. The van der Waals surface area contributed by atoms with Crippen LogP contribution in [0.25, 0.3) is 5.69 Å². The summed E-state index contributed by atoms with van der Waals surface area (Å²) in [6.07, 6.45) is 1.60. The molecular weight excluding hydrogens is 258 g/mol. The van der Waals surface area contributed by atoms with Crippen molar-refractivity contribution in [1.29, 1.82) is 0 Å². The third-order valence-corrected chi connectivity index (χ3v) is 2.78. The highest BCUT2D eigenvalue weighted by Gasteiger charge is 2.13. The second-order valence-electron chi connectivity index (χ2n) is 4.48. The number of amides is 2. The summed E-state index contributed by atoms with van der Waals surface area (Å²) in [6, 6.07) is 6.23. The molecule has 1 heterocycles. The Labute approximate surface area is 115 Å². The number of carbonyl (C=O) groups is 2. The van der Waals surface area contributed by atoms with Crippen molar-refractivity contribution in [2.24, 2.45) is 5.73 Å². The monoisotopic (exact) mass is 273 g/mol. The SMILES string of the molecule is CN(C)C(=O)c1ccn(-c2cc(C(N)=O)ccc2N)n1. The Balaban J connectivity index is 2.44. The Morgan fingerprint density at radius 2 is 1.95 bits per heavy atom. The lowest BCUT2D eigenvalue weighted by molar-refractivity contribution is 0.0821. The minimum absolute atomic E-state index is 0.214. The van der Waals surface area contributed by atoms with E-state index in [-0.39, 0.29) is 5.91 Å². The number of aromatic nitrogens is 2. The second-order valence-corrected chi connectivity index (χ2v) is 4.48. The van der Waals surface area contributed by atoms with Gasteiger partial charge in [-0.15, -0.1) is 0 Å². The summed E-state index contributed by atoms with van der Waals surface area (Å²) in [4.78, 5) is 24.4. The topological polar surface area (TPSA) is 107 Å². The van der Waals surface area contributed by atoms with Gasteiger partial charge in [0, 0.05) is 25.9 Å². The molecule has 1 aromatic carbocycles. The van der Waals surface area contributed by atoms with Gasteiger partial charge in [0.05, 0.1) is 11.4 Å². The normalized spacial score (nSPS) is 10.3. The van der Waals surface area contributed by atoms with Gasteiger partial charge in [-0.3, -0.25) is 9.59 Å². The number of anilines is 1. The van der Waals surface area contributed by atoms with Gasteiger partial charge in [-0.05, 0) is 24.3 Å². The molecule has 2 rings (SSSR count). The summed E-state index contributed by atoms with van der Waals surface area (Å²) in [5, 5.41) is 4.16. The molecule has 0 fully saturated rings. The van der Waals surface area contributed by atoms with Gasteiger partial charge in [0.2, 0.25) is 5.91 Å². The van der Waals surface area contributed by atoms with Crippen molar-refractivity contribution in [1.82, 2.24) is 14.7 Å². The lowest BCUT2D eigenvalue weighted by atomic mass is 10.1. The molecule has 0 radical (unpaired) electrons. The Kier molecular flexibility index (Phi) is 3.43. The zero-order chi connectivity index (χ0) is 14.9. The van der Waals surface area contributed by atoms with Gasteiger partial charge < -0.3 is 16.4 Å². The molecule has 20 heavy (non-hydrogen) atoms. The maximum absolute atomic E-state index is 11.8. The zero-order valence-corrected chi connectivity index (χ0v) is 11.2. The van der Waals surface area contributed by atoms with Crippen molar-refractivity contribution >= 4 is 17.5 Å². The van der Waals surface area contributed by atoms with Gasteiger partial charge in [0.1, 0.15) is 0 Å². The van der Waals surface area contributed by atoms with E-state index in [1.54, 1.807) is 32.4 Å². The lowest BCUT2D eigenvalue weighted by Crippen LogP contribution is -2.22. The van der Waals surface area contributed by atoms with Crippen LogP contribution in [-0.4, -0.2) is 40.6 Å². The summed E-state index contributed by atoms with van der Waals surface area (Å²) in [7, 11) is 3.28. The lowest BCUT2D eigenvalue weighted by Gasteiger charge is -2.08. The van der Waals surface area contributed by atoms with Crippen molar-refractivity contribution in [3.63, 3.8) is 0 Å². The Bertz CT molecular complexity index is 675. The van der Waals surface area contributed by atoms with E-state index in [2.05, 4.69) is 5.10 Å². The quantitative estimate of drug-likeness (QED) is 0.782. The first-order valence-electron chi connectivity index (χ1n) is 5.87. The van der Waals surface area contributed by atoms with Crippen LogP contribution in [0, 0.1) is 0 Å². The van der Waals surface area contributed by atoms with E-state index < -0.39 is 5.91 Å². The third-order valence-electron chi connectivity index (χ3n) is 2.78. The number of nitrogens with zero attached hydrogens (tertiary/aromatic N) is 3. The molecule has 0 saturated heterocycles. The molecule has 0 spiro atoms. The number of carbonyl (C=O) groups excluding carboxylic acids is 2. The minimum atomic E-state index is -0.553. The number of benzene rings is 1. The van der Waals surface area contributed by atoms with Crippen LogP contribution in [0.5, 0.6) is 0 Å². The van der Waals surface area contributed by atoms with Crippen LogP contribution in [0.3, 0.4) is 0 Å². The van der Waals surface area contributed by atoms with E-state index in [1.165, 1.54) is 21.7 Å². The fourth-order valence-corrected chi connectivity index (χ4v) is 1.70. The van der Waals surface area contributed by atoms with Gasteiger partial charge in [0.15, 0.2) is 5.69 Å². The average molecular weight is 273 g/mol. The first-order chi connectivity index (χ1) is 9.40. The molecule has 2 amide bonds. The predicted molar refractivity (Wildman–Crippen MR) is 74.5 cm³/mol. The summed E-state index contributed by atoms with van der Waals surface area (Å²) in [5.41, 5.74) is 12.6. The van der Waals surface area contributed by atoms with Crippen LogP contribution >= 0.6 is 0 Å². The molecular formula is C13H15N5O2. The molecule has 0 atom stereocenters. The van der Waals surface area contributed by atoms with Crippen LogP contribution in [0.2, 0.25) is 0 Å². The zero-order valence-electron chi connectivity index (χ0n) is 11.2. The number of hydrogen-bond acceptors (Lipinski definition) is 4. The molecule has 7 nitrogen and oxygen atoms in total. The van der Waals surface area contributed by atoms with E-state index in [0.29, 0.717) is 22.6 Å². The van der Waals surface area contributed by atoms with Crippen molar-refractivity contribution < 1.29 is 9.59 Å². The van der Waals surface area contributed by atoms with Crippen LogP contribution in [0.15, 0.2) is 30.5 Å². The largest absolute Gasteiger partial charge is 0.397 e. The Morgan fingerprint density at radius 1 is 1.25 bits per heavy atom. The van der Waals surface area contributed by atoms with Crippen molar-refractivity contribution in [3.8, 4) is 5.69 Å². The first kappa shape index (κ1) is 13.6. The van der Waals surface area contributed by atoms with Crippen LogP contribution < -0.4 is 11.5 Å². The van der Waals surface area contributed by atoms with Crippen molar-refractivity contribution in [2.75, 3.05) is 19.8 Å². The Hall–Kier alpha value is -2.83. The number of primary amides is 1. The second kappa shape index (κ2) is 5.04. The highest BCUT2D eigenvalue weighted by atomic mass is 16.2. The van der Waals surface area contributed by atoms with Crippen molar-refractivity contribution in [3.05, 3.63) is 41.7 Å². The highest BCUT2D eigenvalue weighted by Crippen LogP contribution is 2.18. The molecule has 4 N–H and O–H groups in total. The fourth-order valence-electron chi connectivity index (χ4n) is 1.70. The molecule has 104 valence electrons. The van der Waals surface area contributed by atoms with Gasteiger partial charge in [-0.1, -0.05) is 0 Å². The average Bonchev–Trinajstić information content (AvgIpc) is 2.87. The predicted octanol–water partition coefficient (Wildman–Crippen LogP) is 0.255. The smallest absolute Gasteiger partial charge is 0.273 e. The van der Waals surface area contributed by atoms with Gasteiger partial charge in [0.25, 0.3) is 5.91 Å². The standard InChI is InChI=1S/C13H15N5O2/c1-17(2)13(20)10-5-6-18(16-10)11-7-8(12(15)19)3-4-9(11)14/h3-7H,14H2,1-2H3,(H2,15,19). The molecule has 1 aromatic heterocycles. The molecule has 7 heteroatoms. The summed E-state index contributed by atoms with van der Waals surface area (Å²) >= 11 is 0. The summed E-state index contributed by atoms with van der Waals surface area (Å²) < 4.78 is 1.44. The maximum atomic E-state index is 11.8. The van der Waals surface area contributed by atoms with Crippen LogP contribution in [0.4, 0.5) is 5.69 Å². The molecule has 0 unspecified atom stereocenters. The molecule has 0 saturated carbocycles. The van der Waals surface area contributed by atoms with Crippen LogP contribution in [-0.2, 0) is 0 Å². The molecule has 0 aliphatic heterocycles. The first-order valence-corrected chi connectivity index (χ1v) is 5.87. The van der Waals surface area contributed by atoms with Crippen LogP contribution in [0.1, 0.15) is 20.8 Å². The number of nitrogens with two attached hydrogens (primary N) is 2. The third kappa shape index (κ3) is 2.46. The fraction of sp³-hybridized carbons (Fsp3) is 0.154. The molecule has 0 aliphatic carbocycles.